The first-order valence-corrected chi connectivity index (χ1v) is 6.01. The van der Waals surface area contributed by atoms with Gasteiger partial charge in [-0.3, -0.25) is 0 Å². The lowest BCUT2D eigenvalue weighted by molar-refractivity contribution is 0.172. The molecule has 0 saturated heterocycles. The first kappa shape index (κ1) is 13.5. The van der Waals surface area contributed by atoms with Gasteiger partial charge in [-0.05, 0) is 24.6 Å². The Bertz CT molecular complexity index is 527. The molecule has 0 saturated carbocycles. The topological polar surface area (TPSA) is 80.4 Å². The number of aliphatic hydroxyl groups is 1. The molecule has 2 rings (SSSR count). The Hall–Kier alpha value is -1.92. The number of aliphatic hydroxyl groups excluding tert-OH is 1. The van der Waals surface area contributed by atoms with E-state index in [2.05, 4.69) is 15.5 Å². The molecule has 1 aromatic heterocycles. The molecule has 1 atom stereocenters. The molecule has 2 aromatic rings. The summed E-state index contributed by atoms with van der Waals surface area (Å²) in [4.78, 5) is 4.07. The fourth-order valence-electron chi connectivity index (χ4n) is 1.69. The summed E-state index contributed by atoms with van der Waals surface area (Å²) in [6, 6.07) is 7.35. The van der Waals surface area contributed by atoms with Gasteiger partial charge in [0.2, 0.25) is 5.89 Å². The van der Waals surface area contributed by atoms with Gasteiger partial charge in [0.15, 0.2) is 5.82 Å². The zero-order valence-electron chi connectivity index (χ0n) is 11.0. The zero-order valence-corrected chi connectivity index (χ0v) is 11.0. The van der Waals surface area contributed by atoms with E-state index in [0.717, 1.165) is 11.3 Å². The van der Waals surface area contributed by atoms with Gasteiger partial charge >= 0.3 is 0 Å². The molecule has 1 aromatic carbocycles. The van der Waals surface area contributed by atoms with Crippen LogP contribution in [0.3, 0.4) is 0 Å². The average molecular weight is 263 g/mol. The van der Waals surface area contributed by atoms with E-state index in [1.54, 1.807) is 14.0 Å². The standard InChI is InChI=1S/C13H17N3O3/c1-9-15-13(19-16-9)8-14-7-12(17)10-4-3-5-11(6-10)18-2/h3-6,12,14,17H,7-8H2,1-2H3. The maximum Gasteiger partial charge on any atom is 0.240 e. The predicted octanol–water partition coefficient (Wildman–Crippen LogP) is 1.21. The molecular formula is C13H17N3O3. The van der Waals surface area contributed by atoms with Gasteiger partial charge in [0.05, 0.1) is 19.8 Å². The molecule has 6 heteroatoms. The number of ether oxygens (including phenoxy) is 1. The smallest absolute Gasteiger partial charge is 0.240 e. The summed E-state index contributed by atoms with van der Waals surface area (Å²) < 4.78 is 10.1. The van der Waals surface area contributed by atoms with Crippen LogP contribution < -0.4 is 10.1 Å². The molecule has 2 N–H and O–H groups in total. The van der Waals surface area contributed by atoms with Crippen LogP contribution in [0, 0.1) is 6.92 Å². The van der Waals surface area contributed by atoms with Crippen molar-refractivity contribution < 1.29 is 14.4 Å². The van der Waals surface area contributed by atoms with E-state index < -0.39 is 6.10 Å². The molecule has 0 fully saturated rings. The molecule has 1 unspecified atom stereocenters. The highest BCUT2D eigenvalue weighted by atomic mass is 16.5. The van der Waals surface area contributed by atoms with E-state index in [1.807, 2.05) is 24.3 Å². The third-order valence-electron chi connectivity index (χ3n) is 2.66. The van der Waals surface area contributed by atoms with Crippen molar-refractivity contribution in [3.63, 3.8) is 0 Å². The Labute approximate surface area is 111 Å². The van der Waals surface area contributed by atoms with Crippen molar-refractivity contribution in [2.75, 3.05) is 13.7 Å². The summed E-state index contributed by atoms with van der Waals surface area (Å²) in [6.07, 6.45) is -0.612. The first-order chi connectivity index (χ1) is 9.19. The molecule has 0 radical (unpaired) electrons. The fourth-order valence-corrected chi connectivity index (χ4v) is 1.69. The fraction of sp³-hybridized carbons (Fsp3) is 0.385. The van der Waals surface area contributed by atoms with Crippen molar-refractivity contribution >= 4 is 0 Å². The number of nitrogens with zero attached hydrogens (tertiary/aromatic N) is 2. The zero-order chi connectivity index (χ0) is 13.7. The van der Waals surface area contributed by atoms with Crippen molar-refractivity contribution in [3.05, 3.63) is 41.5 Å². The Morgan fingerprint density at radius 2 is 2.32 bits per heavy atom. The lowest BCUT2D eigenvalue weighted by Gasteiger charge is -2.12. The second kappa shape index (κ2) is 6.31. The largest absolute Gasteiger partial charge is 0.497 e. The highest BCUT2D eigenvalue weighted by molar-refractivity contribution is 5.29. The molecule has 1 heterocycles. The van der Waals surface area contributed by atoms with Gasteiger partial charge in [0, 0.05) is 6.54 Å². The van der Waals surface area contributed by atoms with E-state index in [4.69, 9.17) is 9.26 Å². The summed E-state index contributed by atoms with van der Waals surface area (Å²) in [6.45, 7) is 2.59. The van der Waals surface area contributed by atoms with Crippen molar-refractivity contribution in [1.29, 1.82) is 0 Å². The number of aromatic nitrogens is 2. The van der Waals surface area contributed by atoms with E-state index in [9.17, 15) is 5.11 Å². The molecule has 0 aliphatic heterocycles. The lowest BCUT2D eigenvalue weighted by atomic mass is 10.1. The number of aryl methyl sites for hydroxylation is 1. The highest BCUT2D eigenvalue weighted by Crippen LogP contribution is 2.18. The maximum absolute atomic E-state index is 10.0. The number of rotatable bonds is 6. The van der Waals surface area contributed by atoms with Crippen molar-refractivity contribution in [1.82, 2.24) is 15.5 Å². The van der Waals surface area contributed by atoms with E-state index >= 15 is 0 Å². The van der Waals surface area contributed by atoms with E-state index in [0.29, 0.717) is 24.8 Å². The molecule has 0 bridgehead atoms. The molecule has 102 valence electrons. The van der Waals surface area contributed by atoms with Crippen LogP contribution in [0.15, 0.2) is 28.8 Å². The second-order valence-electron chi connectivity index (χ2n) is 4.16. The van der Waals surface area contributed by atoms with Crippen LogP contribution >= 0.6 is 0 Å². The normalized spacial score (nSPS) is 12.4. The van der Waals surface area contributed by atoms with E-state index in [-0.39, 0.29) is 0 Å². The van der Waals surface area contributed by atoms with Crippen molar-refractivity contribution in [2.24, 2.45) is 0 Å². The van der Waals surface area contributed by atoms with Crippen molar-refractivity contribution in [2.45, 2.75) is 19.6 Å². The minimum absolute atomic E-state index is 0.397. The van der Waals surface area contributed by atoms with Crippen LogP contribution in [0.1, 0.15) is 23.4 Å². The Morgan fingerprint density at radius 3 is 3.00 bits per heavy atom. The number of hydrogen-bond donors (Lipinski definition) is 2. The summed E-state index contributed by atoms with van der Waals surface area (Å²) in [5.41, 5.74) is 0.800. The second-order valence-corrected chi connectivity index (χ2v) is 4.16. The molecular weight excluding hydrogens is 246 g/mol. The Balaban J connectivity index is 1.85. The molecule has 0 aliphatic rings. The Morgan fingerprint density at radius 1 is 1.47 bits per heavy atom. The van der Waals surface area contributed by atoms with Gasteiger partial charge in [-0.1, -0.05) is 17.3 Å². The van der Waals surface area contributed by atoms with Crippen LogP contribution in [0.25, 0.3) is 0 Å². The van der Waals surface area contributed by atoms with E-state index in [1.165, 1.54) is 0 Å². The number of methoxy groups -OCH3 is 1. The number of nitrogens with one attached hydrogen (secondary N) is 1. The summed E-state index contributed by atoms with van der Waals surface area (Å²) >= 11 is 0. The maximum atomic E-state index is 10.0. The molecule has 6 nitrogen and oxygen atoms in total. The highest BCUT2D eigenvalue weighted by Gasteiger charge is 2.09. The summed E-state index contributed by atoms with van der Waals surface area (Å²) in [5.74, 6) is 1.84. The predicted molar refractivity (Wildman–Crippen MR) is 68.7 cm³/mol. The number of hydrogen-bond acceptors (Lipinski definition) is 6. The van der Waals surface area contributed by atoms with Crippen molar-refractivity contribution in [3.8, 4) is 5.75 Å². The summed E-state index contributed by atoms with van der Waals surface area (Å²) in [5, 5.41) is 16.8. The molecule has 0 aliphatic carbocycles. The minimum Gasteiger partial charge on any atom is -0.497 e. The van der Waals surface area contributed by atoms with Crippen LogP contribution in [0.4, 0.5) is 0 Å². The lowest BCUT2D eigenvalue weighted by Crippen LogP contribution is -2.21. The van der Waals surface area contributed by atoms with Gasteiger partial charge in [-0.25, -0.2) is 0 Å². The van der Waals surface area contributed by atoms with Gasteiger partial charge in [-0.2, -0.15) is 4.98 Å². The summed E-state index contributed by atoms with van der Waals surface area (Å²) in [7, 11) is 1.60. The van der Waals surface area contributed by atoms with Gasteiger partial charge < -0.3 is 19.7 Å². The average Bonchev–Trinajstić information content (AvgIpc) is 2.84. The van der Waals surface area contributed by atoms with Crippen LogP contribution in [-0.4, -0.2) is 28.9 Å². The number of benzene rings is 1. The molecule has 19 heavy (non-hydrogen) atoms. The van der Waals surface area contributed by atoms with Gasteiger partial charge in [0.1, 0.15) is 5.75 Å². The first-order valence-electron chi connectivity index (χ1n) is 6.01. The van der Waals surface area contributed by atoms with Crippen LogP contribution in [0.5, 0.6) is 5.75 Å². The van der Waals surface area contributed by atoms with Crippen LogP contribution in [-0.2, 0) is 6.54 Å². The quantitative estimate of drug-likeness (QED) is 0.815. The monoisotopic (exact) mass is 263 g/mol. The minimum atomic E-state index is -0.612. The van der Waals surface area contributed by atoms with Crippen LogP contribution in [0.2, 0.25) is 0 Å². The Kier molecular flexibility index (Phi) is 4.48. The molecule has 0 amide bonds. The molecule has 0 spiro atoms. The SMILES string of the molecule is COc1cccc(C(O)CNCc2nc(C)no2)c1. The van der Waals surface area contributed by atoms with Gasteiger partial charge in [-0.15, -0.1) is 0 Å². The third kappa shape index (κ3) is 3.77. The van der Waals surface area contributed by atoms with Gasteiger partial charge in [0.25, 0.3) is 0 Å². The third-order valence-corrected chi connectivity index (χ3v) is 2.66.